The van der Waals surface area contributed by atoms with Crippen LogP contribution in [-0.2, 0) is 9.47 Å². The molecule has 7 heteroatoms. The van der Waals surface area contributed by atoms with E-state index in [-0.39, 0.29) is 20.1 Å². The lowest BCUT2D eigenvalue weighted by Gasteiger charge is -1.95. The van der Waals surface area contributed by atoms with E-state index in [0.29, 0.717) is 11.0 Å². The van der Waals surface area contributed by atoms with Crippen molar-refractivity contribution in [2.45, 2.75) is 0 Å². The van der Waals surface area contributed by atoms with Gasteiger partial charge >= 0.3 is 11.9 Å². The van der Waals surface area contributed by atoms with Crippen LogP contribution in [0.2, 0.25) is 0 Å². The number of hydrogen-bond acceptors (Lipinski definition) is 6. The first-order chi connectivity index (χ1) is 9.13. The standard InChI is InChI=1S/C12H11O6P/c1-15-11(13)7-3-5-9(17-7)19-10-6-4-8(18-10)12(14)16-2/h3-6,19H,1-2H3. The van der Waals surface area contributed by atoms with Crippen molar-refractivity contribution in [3.8, 4) is 0 Å². The maximum absolute atomic E-state index is 11.2. The van der Waals surface area contributed by atoms with Crippen LogP contribution < -0.4 is 11.0 Å². The number of carbonyl (C=O) groups excluding carboxylic acids is 2. The number of furan rings is 2. The second-order valence-electron chi connectivity index (χ2n) is 3.44. The van der Waals surface area contributed by atoms with E-state index in [9.17, 15) is 9.59 Å². The van der Waals surface area contributed by atoms with Gasteiger partial charge in [-0.2, -0.15) is 0 Å². The normalized spacial score (nSPS) is 10.2. The van der Waals surface area contributed by atoms with Crippen LogP contribution in [0.1, 0.15) is 21.1 Å². The highest BCUT2D eigenvalue weighted by Crippen LogP contribution is 2.15. The first kappa shape index (κ1) is 13.4. The quantitative estimate of drug-likeness (QED) is 0.616. The van der Waals surface area contributed by atoms with Gasteiger partial charge in [-0.1, -0.05) is 0 Å². The predicted octanol–water partition coefficient (Wildman–Crippen LogP) is 1.08. The fourth-order valence-corrected chi connectivity index (χ4v) is 2.25. The van der Waals surface area contributed by atoms with Crippen LogP contribution in [0.4, 0.5) is 0 Å². The summed E-state index contributed by atoms with van der Waals surface area (Å²) in [5.41, 5.74) is 1.12. The third-order valence-electron chi connectivity index (χ3n) is 2.23. The summed E-state index contributed by atoms with van der Waals surface area (Å²) in [6, 6.07) is 6.37. The largest absolute Gasteiger partial charge is 0.463 e. The summed E-state index contributed by atoms with van der Waals surface area (Å²) in [5, 5.41) is 0. The Bertz CT molecular complexity index is 545. The average Bonchev–Trinajstić information content (AvgIpc) is 3.07. The molecule has 2 rings (SSSR count). The summed E-state index contributed by atoms with van der Waals surface area (Å²) < 4.78 is 19.7. The van der Waals surface area contributed by atoms with Gasteiger partial charge in [-0.25, -0.2) is 9.59 Å². The van der Waals surface area contributed by atoms with Crippen LogP contribution in [0.5, 0.6) is 0 Å². The third kappa shape index (κ3) is 3.03. The second-order valence-corrected chi connectivity index (χ2v) is 4.67. The summed E-state index contributed by atoms with van der Waals surface area (Å²) >= 11 is 0. The Labute approximate surface area is 110 Å². The monoisotopic (exact) mass is 282 g/mol. The van der Waals surface area contributed by atoms with Crippen molar-refractivity contribution in [3.63, 3.8) is 0 Å². The van der Waals surface area contributed by atoms with E-state index >= 15 is 0 Å². The first-order valence-electron chi connectivity index (χ1n) is 5.27. The number of hydrogen-bond donors (Lipinski definition) is 0. The molecular formula is C12H11O6P. The van der Waals surface area contributed by atoms with E-state index in [2.05, 4.69) is 9.47 Å². The summed E-state index contributed by atoms with van der Waals surface area (Å²) in [6.07, 6.45) is 0. The minimum Gasteiger partial charge on any atom is -0.463 e. The third-order valence-corrected chi connectivity index (χ3v) is 3.26. The van der Waals surface area contributed by atoms with Crippen LogP contribution in [0.3, 0.4) is 0 Å². The second kappa shape index (κ2) is 5.71. The van der Waals surface area contributed by atoms with E-state index in [0.717, 1.165) is 0 Å². The molecule has 0 unspecified atom stereocenters. The van der Waals surface area contributed by atoms with Gasteiger partial charge in [-0.15, -0.1) is 0 Å². The van der Waals surface area contributed by atoms with Gasteiger partial charge in [-0.05, 0) is 24.3 Å². The molecule has 0 bridgehead atoms. The zero-order chi connectivity index (χ0) is 13.8. The average molecular weight is 282 g/mol. The molecule has 0 spiro atoms. The van der Waals surface area contributed by atoms with Crippen LogP contribution in [0.25, 0.3) is 0 Å². The van der Waals surface area contributed by atoms with Crippen LogP contribution in [0, 0.1) is 0 Å². The number of methoxy groups -OCH3 is 2. The fraction of sp³-hybridized carbons (Fsp3) is 0.167. The molecule has 6 nitrogen and oxygen atoms in total. The Morgan fingerprint density at radius 3 is 1.68 bits per heavy atom. The SMILES string of the molecule is COC(=O)c1ccc(Pc2ccc(C(=O)OC)o2)o1. The van der Waals surface area contributed by atoms with Crippen molar-refractivity contribution < 1.29 is 27.9 Å². The topological polar surface area (TPSA) is 78.9 Å². The lowest BCUT2D eigenvalue weighted by Crippen LogP contribution is -2.02. The van der Waals surface area contributed by atoms with Gasteiger partial charge in [0.2, 0.25) is 11.5 Å². The molecule has 0 amide bonds. The van der Waals surface area contributed by atoms with E-state index in [1.807, 2.05) is 0 Å². The zero-order valence-electron chi connectivity index (χ0n) is 10.3. The minimum atomic E-state index is -0.536. The summed E-state index contributed by atoms with van der Waals surface area (Å²) in [7, 11) is 2.62. The Hall–Kier alpha value is -2.07. The van der Waals surface area contributed by atoms with Gasteiger partial charge < -0.3 is 18.3 Å². The van der Waals surface area contributed by atoms with E-state index in [4.69, 9.17) is 8.83 Å². The van der Waals surface area contributed by atoms with Gasteiger partial charge in [0.1, 0.15) is 11.0 Å². The molecule has 0 saturated carbocycles. The van der Waals surface area contributed by atoms with Crippen molar-refractivity contribution in [2.75, 3.05) is 14.2 Å². The smallest absolute Gasteiger partial charge is 0.373 e. The summed E-state index contributed by atoms with van der Waals surface area (Å²) in [6.45, 7) is 0. The maximum atomic E-state index is 11.2. The van der Waals surface area contributed by atoms with Gasteiger partial charge in [0.05, 0.1) is 14.2 Å². The molecule has 19 heavy (non-hydrogen) atoms. The molecule has 0 aliphatic heterocycles. The molecule has 0 aliphatic rings. The predicted molar refractivity (Wildman–Crippen MR) is 67.7 cm³/mol. The number of rotatable bonds is 4. The van der Waals surface area contributed by atoms with Crippen molar-refractivity contribution >= 4 is 31.5 Å². The molecule has 0 N–H and O–H groups in total. The molecule has 0 saturated heterocycles. The lowest BCUT2D eigenvalue weighted by molar-refractivity contribution is 0.0559. The van der Waals surface area contributed by atoms with Gasteiger partial charge in [0.25, 0.3) is 0 Å². The molecule has 2 aromatic rings. The van der Waals surface area contributed by atoms with Crippen molar-refractivity contribution in [2.24, 2.45) is 0 Å². The van der Waals surface area contributed by atoms with E-state index in [1.165, 1.54) is 26.4 Å². The number of ether oxygens (including phenoxy) is 2. The van der Waals surface area contributed by atoms with Crippen molar-refractivity contribution in [3.05, 3.63) is 35.8 Å². The highest BCUT2D eigenvalue weighted by atomic mass is 31.1. The molecule has 0 fully saturated rings. The maximum Gasteiger partial charge on any atom is 0.373 e. The first-order valence-corrected chi connectivity index (χ1v) is 6.27. The lowest BCUT2D eigenvalue weighted by atomic mass is 10.5. The molecule has 0 aromatic carbocycles. The minimum absolute atomic E-state index is 0.0578. The highest BCUT2D eigenvalue weighted by molar-refractivity contribution is 7.54. The van der Waals surface area contributed by atoms with E-state index in [1.54, 1.807) is 12.1 Å². The molecule has 0 radical (unpaired) electrons. The van der Waals surface area contributed by atoms with E-state index < -0.39 is 11.9 Å². The fourth-order valence-electron chi connectivity index (χ4n) is 1.35. The van der Waals surface area contributed by atoms with Gasteiger partial charge in [0.15, 0.2) is 0 Å². The van der Waals surface area contributed by atoms with Gasteiger partial charge in [0, 0.05) is 8.58 Å². The van der Waals surface area contributed by atoms with Crippen molar-refractivity contribution in [1.82, 2.24) is 0 Å². The summed E-state index contributed by atoms with van der Waals surface area (Å²) in [4.78, 5) is 22.4. The van der Waals surface area contributed by atoms with Gasteiger partial charge in [-0.3, -0.25) is 0 Å². The molecule has 2 heterocycles. The molecule has 100 valence electrons. The molecule has 0 atom stereocenters. The Kier molecular flexibility index (Phi) is 4.02. The zero-order valence-corrected chi connectivity index (χ0v) is 11.3. The highest BCUT2D eigenvalue weighted by Gasteiger charge is 2.14. The number of esters is 2. The summed E-state index contributed by atoms with van der Waals surface area (Å²) in [5.74, 6) is -0.814. The molecule has 0 aliphatic carbocycles. The van der Waals surface area contributed by atoms with Crippen LogP contribution in [-0.4, -0.2) is 26.2 Å². The molecular weight excluding hydrogens is 271 g/mol. The van der Waals surface area contributed by atoms with Crippen LogP contribution in [0.15, 0.2) is 33.1 Å². The Morgan fingerprint density at radius 2 is 1.32 bits per heavy atom. The Morgan fingerprint density at radius 1 is 0.895 bits per heavy atom. The van der Waals surface area contributed by atoms with Crippen LogP contribution >= 0.6 is 8.58 Å². The number of carbonyl (C=O) groups is 2. The Balaban J connectivity index is 2.09. The molecule has 2 aromatic heterocycles. The van der Waals surface area contributed by atoms with Crippen molar-refractivity contribution in [1.29, 1.82) is 0 Å².